The molecule has 0 radical (unpaired) electrons. The summed E-state index contributed by atoms with van der Waals surface area (Å²) in [5.74, 6) is 0. The minimum atomic E-state index is 0.522. The fourth-order valence-corrected chi connectivity index (χ4v) is 6.99. The molecule has 0 saturated heterocycles. The van der Waals surface area contributed by atoms with Gasteiger partial charge in [0.2, 0.25) is 0 Å². The van der Waals surface area contributed by atoms with Crippen molar-refractivity contribution >= 4 is 43.5 Å². The Labute approximate surface area is 263 Å². The van der Waals surface area contributed by atoms with Gasteiger partial charge in [0.15, 0.2) is 0 Å². The van der Waals surface area contributed by atoms with Crippen LogP contribution in [0, 0.1) is 0 Å². The maximum absolute atomic E-state index is 7.86. The molecular weight excluding hydrogens is 544 g/mol. The molecule has 0 spiro atoms. The lowest BCUT2D eigenvalue weighted by molar-refractivity contribution is 0.669. The molecule has 8 aromatic carbocycles. The molecule has 9 aromatic rings. The van der Waals surface area contributed by atoms with Gasteiger partial charge < -0.3 is 4.42 Å². The molecule has 0 aliphatic rings. The predicted molar refractivity (Wildman–Crippen MR) is 190 cm³/mol. The molecule has 0 unspecified atom stereocenters. The normalized spacial score (nSPS) is 11.9. The third kappa shape index (κ3) is 4.17. The van der Waals surface area contributed by atoms with Crippen LogP contribution in [-0.4, -0.2) is 0 Å². The van der Waals surface area contributed by atoms with Gasteiger partial charge in [0.25, 0.3) is 0 Å². The molecule has 0 saturated carbocycles. The average molecular weight is 574 g/mol. The van der Waals surface area contributed by atoms with Crippen molar-refractivity contribution in [3.63, 3.8) is 0 Å². The third-order valence-electron chi connectivity index (χ3n) is 9.01. The Morgan fingerprint density at radius 3 is 1.51 bits per heavy atom. The number of furan rings is 1. The Morgan fingerprint density at radius 2 is 0.844 bits per heavy atom. The number of hydrogen-bond donors (Lipinski definition) is 0. The van der Waals surface area contributed by atoms with Crippen molar-refractivity contribution in [2.75, 3.05) is 0 Å². The lowest BCUT2D eigenvalue weighted by Crippen LogP contribution is -1.92. The first-order valence-corrected chi connectivity index (χ1v) is 15.3. The van der Waals surface area contributed by atoms with Gasteiger partial charge in [-0.3, -0.25) is 0 Å². The van der Waals surface area contributed by atoms with E-state index in [9.17, 15) is 0 Å². The summed E-state index contributed by atoms with van der Waals surface area (Å²) in [6.07, 6.45) is 0. The highest BCUT2D eigenvalue weighted by atomic mass is 16.3. The summed E-state index contributed by atoms with van der Waals surface area (Å²) in [4.78, 5) is 0. The maximum atomic E-state index is 7.86. The smallest absolute Gasteiger partial charge is 0.136 e. The molecule has 9 rings (SSSR count). The summed E-state index contributed by atoms with van der Waals surface area (Å²) in [5.41, 5.74) is 11.1. The highest BCUT2D eigenvalue weighted by molar-refractivity contribution is 6.26. The second kappa shape index (κ2) is 10.4. The highest BCUT2D eigenvalue weighted by Gasteiger charge is 2.21. The first-order valence-electron chi connectivity index (χ1n) is 15.8. The average Bonchev–Trinajstić information content (AvgIpc) is 3.50. The van der Waals surface area contributed by atoms with E-state index in [1.807, 2.05) is 30.3 Å². The van der Waals surface area contributed by atoms with Crippen LogP contribution in [0.5, 0.6) is 0 Å². The van der Waals surface area contributed by atoms with Crippen LogP contribution in [0.1, 0.15) is 1.37 Å². The van der Waals surface area contributed by atoms with Gasteiger partial charge >= 0.3 is 0 Å². The van der Waals surface area contributed by atoms with Gasteiger partial charge in [0.1, 0.15) is 11.2 Å². The van der Waals surface area contributed by atoms with E-state index in [4.69, 9.17) is 5.79 Å². The van der Waals surface area contributed by atoms with E-state index in [0.717, 1.165) is 44.2 Å². The highest BCUT2D eigenvalue weighted by Crippen LogP contribution is 2.48. The van der Waals surface area contributed by atoms with Crippen LogP contribution in [0.2, 0.25) is 0 Å². The number of fused-ring (bicyclic) bond motifs is 5. The van der Waals surface area contributed by atoms with E-state index in [-0.39, 0.29) is 0 Å². The molecule has 0 N–H and O–H groups in total. The van der Waals surface area contributed by atoms with Gasteiger partial charge in [-0.15, -0.1) is 0 Å². The number of rotatable bonds is 4. The fourth-order valence-electron chi connectivity index (χ4n) is 6.99. The van der Waals surface area contributed by atoms with Gasteiger partial charge in [-0.25, -0.2) is 0 Å². The van der Waals surface area contributed by atoms with Crippen molar-refractivity contribution < 1.29 is 5.79 Å². The SMILES string of the molecule is [2H]c1ccc(-c2ccc(-c3c4ccccc4c(-c4cc(-c5ccccc5)cc5oc6ccccc6c45)c4ccccc34)cc2)cc1. The van der Waals surface area contributed by atoms with Crippen LogP contribution in [0.25, 0.3) is 88.0 Å². The minimum absolute atomic E-state index is 0.522. The second-order valence-electron chi connectivity index (χ2n) is 11.6. The van der Waals surface area contributed by atoms with Crippen LogP contribution in [0.3, 0.4) is 0 Å². The second-order valence-corrected chi connectivity index (χ2v) is 11.6. The van der Waals surface area contributed by atoms with Crippen LogP contribution < -0.4 is 0 Å². The van der Waals surface area contributed by atoms with Crippen molar-refractivity contribution in [1.29, 1.82) is 0 Å². The lowest BCUT2D eigenvalue weighted by Gasteiger charge is -2.19. The number of hydrogen-bond acceptors (Lipinski definition) is 1. The first-order chi connectivity index (χ1) is 22.7. The molecule has 0 bridgehead atoms. The molecule has 1 heteroatoms. The Hall–Kier alpha value is -5.92. The number of para-hydroxylation sites is 1. The van der Waals surface area contributed by atoms with Crippen LogP contribution in [0.4, 0.5) is 0 Å². The molecule has 1 heterocycles. The third-order valence-corrected chi connectivity index (χ3v) is 9.01. The summed E-state index contributed by atoms with van der Waals surface area (Å²) in [6, 6.07) is 58.2. The van der Waals surface area contributed by atoms with Gasteiger partial charge in [0, 0.05) is 10.8 Å². The summed E-state index contributed by atoms with van der Waals surface area (Å²) >= 11 is 0. The van der Waals surface area contributed by atoms with Gasteiger partial charge in [-0.05, 0) is 84.3 Å². The Morgan fingerprint density at radius 1 is 0.356 bits per heavy atom. The molecule has 0 fully saturated rings. The van der Waals surface area contributed by atoms with Crippen molar-refractivity contribution in [3.05, 3.63) is 170 Å². The summed E-state index contributed by atoms with van der Waals surface area (Å²) in [7, 11) is 0. The van der Waals surface area contributed by atoms with Gasteiger partial charge in [0.05, 0.1) is 1.37 Å². The van der Waals surface area contributed by atoms with Crippen LogP contribution in [-0.2, 0) is 0 Å². The molecule has 0 atom stereocenters. The van der Waals surface area contributed by atoms with Gasteiger partial charge in [-0.2, -0.15) is 0 Å². The maximum Gasteiger partial charge on any atom is 0.136 e. The Balaban J connectivity index is 1.36. The first kappa shape index (κ1) is 24.5. The Bertz CT molecular complexity index is 2500. The monoisotopic (exact) mass is 573 g/mol. The topological polar surface area (TPSA) is 13.1 Å². The van der Waals surface area contributed by atoms with Crippen molar-refractivity contribution in [2.45, 2.75) is 0 Å². The largest absolute Gasteiger partial charge is 0.456 e. The molecule has 0 amide bonds. The van der Waals surface area contributed by atoms with Crippen LogP contribution in [0.15, 0.2) is 174 Å². The summed E-state index contributed by atoms with van der Waals surface area (Å²) in [5, 5.41) is 7.12. The standard InChI is InChI=1S/C44H28O/c1-3-13-29(14-4-1)31-23-25-32(26-24-31)42-34-17-7-9-19-36(34)43(37-20-10-8-18-35(37)42)39-27-33(30-15-5-2-6-16-30)28-41-44(39)38-21-11-12-22-40(38)45-41/h1-28H/i1D. The van der Waals surface area contributed by atoms with Crippen LogP contribution >= 0.6 is 0 Å². The zero-order valence-corrected chi connectivity index (χ0v) is 24.5. The van der Waals surface area contributed by atoms with E-state index in [2.05, 4.69) is 133 Å². The predicted octanol–water partition coefficient (Wildman–Crippen LogP) is 12.6. The van der Waals surface area contributed by atoms with E-state index in [1.165, 1.54) is 43.8 Å². The minimum Gasteiger partial charge on any atom is -0.456 e. The molecule has 1 nitrogen and oxygen atoms in total. The zero-order chi connectivity index (χ0) is 30.6. The summed E-state index contributed by atoms with van der Waals surface area (Å²) < 4.78 is 14.4. The number of benzene rings is 8. The van der Waals surface area contributed by atoms with E-state index in [0.29, 0.717) is 6.04 Å². The molecule has 1 aromatic heterocycles. The van der Waals surface area contributed by atoms with E-state index < -0.39 is 0 Å². The summed E-state index contributed by atoms with van der Waals surface area (Å²) in [6.45, 7) is 0. The van der Waals surface area contributed by atoms with Crippen molar-refractivity contribution in [1.82, 2.24) is 0 Å². The zero-order valence-electron chi connectivity index (χ0n) is 25.5. The molecular formula is C44H28O. The van der Waals surface area contributed by atoms with E-state index >= 15 is 0 Å². The molecule has 0 aliphatic carbocycles. The van der Waals surface area contributed by atoms with Gasteiger partial charge in [-0.1, -0.05) is 152 Å². The lowest BCUT2D eigenvalue weighted by atomic mass is 9.84. The molecule has 0 aliphatic heterocycles. The van der Waals surface area contributed by atoms with Crippen molar-refractivity contribution in [2.24, 2.45) is 0 Å². The Kier molecular flexibility index (Phi) is 5.65. The fraction of sp³-hybridized carbons (Fsp3) is 0. The molecule has 45 heavy (non-hydrogen) atoms. The quantitative estimate of drug-likeness (QED) is 0.191. The molecule has 210 valence electrons. The van der Waals surface area contributed by atoms with E-state index in [1.54, 1.807) is 0 Å². The van der Waals surface area contributed by atoms with Crippen molar-refractivity contribution in [3.8, 4) is 44.5 Å².